The smallest absolute Gasteiger partial charge is 0.296 e. The van der Waals surface area contributed by atoms with Gasteiger partial charge in [-0.3, -0.25) is 19.0 Å². The first-order chi connectivity index (χ1) is 16.0. The van der Waals surface area contributed by atoms with Crippen LogP contribution in [0.3, 0.4) is 0 Å². The zero-order valence-electron chi connectivity index (χ0n) is 20.1. The molecule has 0 bridgehead atoms. The van der Waals surface area contributed by atoms with Crippen molar-refractivity contribution in [1.82, 2.24) is 14.3 Å². The number of nitrogens with zero attached hydrogens (tertiary/aromatic N) is 3. The summed E-state index contributed by atoms with van der Waals surface area (Å²) in [5, 5.41) is 0. The van der Waals surface area contributed by atoms with Crippen molar-refractivity contribution < 1.29 is 13.2 Å². The van der Waals surface area contributed by atoms with E-state index in [4.69, 9.17) is 0 Å². The van der Waals surface area contributed by atoms with Gasteiger partial charge in [0.05, 0.1) is 16.3 Å². The summed E-state index contributed by atoms with van der Waals surface area (Å²) in [5.74, 6) is 0.284. The topological polar surface area (TPSA) is 93.4 Å². The molecule has 0 aliphatic heterocycles. The fourth-order valence-electron chi connectivity index (χ4n) is 4.15. The summed E-state index contributed by atoms with van der Waals surface area (Å²) in [6.45, 7) is 5.48. The van der Waals surface area contributed by atoms with E-state index in [2.05, 4.69) is 4.72 Å². The zero-order chi connectivity index (χ0) is 24.8. The normalized spacial score (nSPS) is 14.6. The molecule has 1 atom stereocenters. The molecule has 180 valence electrons. The Morgan fingerprint density at radius 3 is 2.38 bits per heavy atom. The van der Waals surface area contributed by atoms with Crippen LogP contribution in [0.5, 0.6) is 0 Å². The second kappa shape index (κ2) is 8.79. The van der Waals surface area contributed by atoms with E-state index in [9.17, 15) is 18.0 Å². The molecule has 1 aliphatic carbocycles. The molecule has 1 saturated carbocycles. The highest BCUT2D eigenvalue weighted by Gasteiger charge is 2.33. The molecular weight excluding hydrogens is 452 g/mol. The standard InChI is InChI=1S/C25H30N4O4S/c1-16-11-14-21(15-22(16)24(30)27(4)17(2)19-12-13-19)34(32,33)26-23-18(3)28(5)29(25(23)31)20-9-7-6-8-10-20/h6-11,14-15,17,19,26H,12-13H2,1-5H3. The number of anilines is 1. The van der Waals surface area contributed by atoms with Crippen LogP contribution in [0.15, 0.2) is 58.2 Å². The molecule has 8 nitrogen and oxygen atoms in total. The van der Waals surface area contributed by atoms with Crippen LogP contribution in [0, 0.1) is 19.8 Å². The Morgan fingerprint density at radius 2 is 1.76 bits per heavy atom. The van der Waals surface area contributed by atoms with Gasteiger partial charge < -0.3 is 4.90 Å². The van der Waals surface area contributed by atoms with E-state index in [1.807, 2.05) is 13.0 Å². The van der Waals surface area contributed by atoms with Crippen molar-refractivity contribution in [3.05, 3.63) is 75.7 Å². The Labute approximate surface area is 199 Å². The Bertz CT molecular complexity index is 1400. The molecule has 1 amide bonds. The average Bonchev–Trinajstić information content (AvgIpc) is 3.64. The Hall–Kier alpha value is -3.33. The molecule has 1 heterocycles. The maximum Gasteiger partial charge on any atom is 0.296 e. The molecule has 0 saturated heterocycles. The van der Waals surface area contributed by atoms with Gasteiger partial charge in [0.1, 0.15) is 5.69 Å². The molecule has 1 aromatic heterocycles. The molecule has 3 aromatic rings. The number of rotatable bonds is 7. The highest BCUT2D eigenvalue weighted by molar-refractivity contribution is 7.92. The highest BCUT2D eigenvalue weighted by Crippen LogP contribution is 2.35. The average molecular weight is 483 g/mol. The first kappa shape index (κ1) is 23.8. The second-order valence-corrected chi connectivity index (χ2v) is 10.7. The maximum absolute atomic E-state index is 13.3. The van der Waals surface area contributed by atoms with Gasteiger partial charge in [-0.15, -0.1) is 0 Å². The number of hydrogen-bond donors (Lipinski definition) is 1. The summed E-state index contributed by atoms with van der Waals surface area (Å²) in [4.78, 5) is 27.9. The minimum atomic E-state index is -4.11. The first-order valence-electron chi connectivity index (χ1n) is 11.3. The quantitative estimate of drug-likeness (QED) is 0.558. The molecule has 2 aromatic carbocycles. The lowest BCUT2D eigenvalue weighted by atomic mass is 10.1. The van der Waals surface area contributed by atoms with Crippen molar-refractivity contribution in [2.45, 2.75) is 44.6 Å². The fraction of sp³-hybridized carbons (Fsp3) is 0.360. The van der Waals surface area contributed by atoms with Gasteiger partial charge in [-0.2, -0.15) is 0 Å². The third kappa shape index (κ3) is 4.27. The zero-order valence-corrected chi connectivity index (χ0v) is 20.9. The van der Waals surface area contributed by atoms with Crippen molar-refractivity contribution in [3.8, 4) is 5.69 Å². The predicted octanol–water partition coefficient (Wildman–Crippen LogP) is 3.46. The maximum atomic E-state index is 13.3. The van der Waals surface area contributed by atoms with E-state index in [1.54, 1.807) is 67.9 Å². The van der Waals surface area contributed by atoms with Gasteiger partial charge in [0.15, 0.2) is 0 Å². The molecule has 1 N–H and O–H groups in total. The monoisotopic (exact) mass is 482 g/mol. The number of amides is 1. The van der Waals surface area contributed by atoms with Crippen LogP contribution in [-0.4, -0.2) is 41.7 Å². The first-order valence-corrected chi connectivity index (χ1v) is 12.8. The van der Waals surface area contributed by atoms with E-state index in [1.165, 1.54) is 16.8 Å². The van der Waals surface area contributed by atoms with Crippen molar-refractivity contribution in [3.63, 3.8) is 0 Å². The van der Waals surface area contributed by atoms with Gasteiger partial charge in [-0.25, -0.2) is 13.1 Å². The van der Waals surface area contributed by atoms with E-state index in [-0.39, 0.29) is 22.5 Å². The molecule has 0 radical (unpaired) electrons. The van der Waals surface area contributed by atoms with Gasteiger partial charge in [0, 0.05) is 25.7 Å². The number of carbonyl (C=O) groups is 1. The number of para-hydroxylation sites is 1. The second-order valence-electron chi connectivity index (χ2n) is 9.01. The number of nitrogens with one attached hydrogen (secondary N) is 1. The minimum absolute atomic E-state index is 0.0284. The van der Waals surface area contributed by atoms with Crippen LogP contribution >= 0.6 is 0 Å². The van der Waals surface area contributed by atoms with Gasteiger partial charge in [0.2, 0.25) is 0 Å². The van der Waals surface area contributed by atoms with E-state index < -0.39 is 15.6 Å². The molecule has 1 unspecified atom stereocenters. The largest absolute Gasteiger partial charge is 0.339 e. The minimum Gasteiger partial charge on any atom is -0.339 e. The summed E-state index contributed by atoms with van der Waals surface area (Å²) in [7, 11) is -0.665. The number of hydrogen-bond acceptors (Lipinski definition) is 4. The van der Waals surface area contributed by atoms with Crippen LogP contribution < -0.4 is 10.3 Å². The summed E-state index contributed by atoms with van der Waals surface area (Å²) in [6.07, 6.45) is 2.21. The molecule has 9 heteroatoms. The lowest BCUT2D eigenvalue weighted by Crippen LogP contribution is -2.36. The van der Waals surface area contributed by atoms with E-state index >= 15 is 0 Å². The third-order valence-corrected chi connectivity index (χ3v) is 8.12. The van der Waals surface area contributed by atoms with Gasteiger partial charge in [0.25, 0.3) is 21.5 Å². The summed E-state index contributed by atoms with van der Waals surface area (Å²) >= 11 is 0. The molecule has 34 heavy (non-hydrogen) atoms. The molecule has 0 spiro atoms. The van der Waals surface area contributed by atoms with E-state index in [0.717, 1.165) is 12.8 Å². The molecule has 1 fully saturated rings. The van der Waals surface area contributed by atoms with Gasteiger partial charge in [-0.05, 0) is 69.4 Å². The van der Waals surface area contributed by atoms with Crippen LogP contribution in [0.4, 0.5) is 5.69 Å². The van der Waals surface area contributed by atoms with Crippen molar-refractivity contribution in [1.29, 1.82) is 0 Å². The number of sulfonamides is 1. The SMILES string of the molecule is Cc1ccc(S(=O)(=O)Nc2c(C)n(C)n(-c3ccccc3)c2=O)cc1C(=O)N(C)C(C)C1CC1. The van der Waals surface area contributed by atoms with Crippen LogP contribution in [-0.2, 0) is 17.1 Å². The Kier molecular flexibility index (Phi) is 6.16. The highest BCUT2D eigenvalue weighted by atomic mass is 32.2. The molecular formula is C25H30N4O4S. The van der Waals surface area contributed by atoms with Crippen molar-refractivity contribution in [2.75, 3.05) is 11.8 Å². The summed E-state index contributed by atoms with van der Waals surface area (Å²) in [6, 6.07) is 13.6. The van der Waals surface area contributed by atoms with E-state index in [0.29, 0.717) is 28.4 Å². The van der Waals surface area contributed by atoms with Gasteiger partial charge >= 0.3 is 0 Å². The van der Waals surface area contributed by atoms with Crippen LogP contribution in [0.2, 0.25) is 0 Å². The number of aryl methyl sites for hydroxylation is 1. The lowest BCUT2D eigenvalue weighted by molar-refractivity contribution is 0.0726. The molecule has 1 aliphatic rings. The number of aromatic nitrogens is 2. The number of benzene rings is 2. The Morgan fingerprint density at radius 1 is 1.12 bits per heavy atom. The summed E-state index contributed by atoms with van der Waals surface area (Å²) in [5.41, 5.74) is 1.62. The van der Waals surface area contributed by atoms with Gasteiger partial charge in [-0.1, -0.05) is 24.3 Å². The number of carbonyl (C=O) groups excluding carboxylic acids is 1. The van der Waals surface area contributed by atoms with Crippen molar-refractivity contribution >= 4 is 21.6 Å². The van der Waals surface area contributed by atoms with Crippen LogP contribution in [0.1, 0.15) is 41.4 Å². The Balaban J connectivity index is 1.68. The lowest BCUT2D eigenvalue weighted by Gasteiger charge is -2.25. The summed E-state index contributed by atoms with van der Waals surface area (Å²) < 4.78 is 32.0. The molecule has 4 rings (SSSR count). The fourth-order valence-corrected chi connectivity index (χ4v) is 5.29. The third-order valence-electron chi connectivity index (χ3n) is 6.78. The predicted molar refractivity (Wildman–Crippen MR) is 132 cm³/mol. The van der Waals surface area contributed by atoms with Crippen molar-refractivity contribution in [2.24, 2.45) is 13.0 Å². The van der Waals surface area contributed by atoms with Crippen LogP contribution in [0.25, 0.3) is 5.69 Å².